The first-order valence-corrected chi connectivity index (χ1v) is 10.2. The van der Waals surface area contributed by atoms with Gasteiger partial charge in [0.05, 0.1) is 20.4 Å². The third-order valence-electron chi connectivity index (χ3n) is 4.60. The molecule has 0 saturated carbocycles. The lowest BCUT2D eigenvalue weighted by Crippen LogP contribution is -2.30. The molecule has 4 nitrogen and oxygen atoms in total. The molecule has 0 N–H and O–H groups in total. The second-order valence-electron chi connectivity index (χ2n) is 6.26. The van der Waals surface area contributed by atoms with E-state index in [0.717, 1.165) is 53.9 Å². The van der Waals surface area contributed by atoms with Crippen LogP contribution in [0.1, 0.15) is 6.42 Å². The number of anilines is 2. The van der Waals surface area contributed by atoms with Crippen molar-refractivity contribution in [3.05, 3.63) is 48.5 Å². The molecule has 4 aromatic rings. The van der Waals surface area contributed by atoms with Crippen LogP contribution in [-0.2, 0) is 0 Å². The summed E-state index contributed by atoms with van der Waals surface area (Å²) in [4.78, 5) is 14.5. The lowest BCUT2D eigenvalue weighted by Gasteiger charge is -2.20. The number of aromatic nitrogens is 2. The van der Waals surface area contributed by atoms with E-state index in [2.05, 4.69) is 58.3 Å². The number of fused-ring (bicyclic) bond motifs is 2. The van der Waals surface area contributed by atoms with Crippen molar-refractivity contribution < 1.29 is 0 Å². The van der Waals surface area contributed by atoms with Gasteiger partial charge in [0.25, 0.3) is 0 Å². The highest BCUT2D eigenvalue weighted by atomic mass is 32.1. The lowest BCUT2D eigenvalue weighted by atomic mass is 10.3. The molecule has 3 heterocycles. The van der Waals surface area contributed by atoms with E-state index in [1.54, 1.807) is 22.7 Å². The van der Waals surface area contributed by atoms with Crippen LogP contribution in [0.3, 0.4) is 0 Å². The Bertz CT molecular complexity index is 874. The predicted molar refractivity (Wildman–Crippen MR) is 108 cm³/mol. The fourth-order valence-electron chi connectivity index (χ4n) is 3.29. The van der Waals surface area contributed by atoms with Crippen LogP contribution in [0.25, 0.3) is 20.4 Å². The smallest absolute Gasteiger partial charge is 0.186 e. The van der Waals surface area contributed by atoms with Gasteiger partial charge in [0, 0.05) is 26.2 Å². The summed E-state index contributed by atoms with van der Waals surface area (Å²) in [6, 6.07) is 16.8. The number of para-hydroxylation sites is 2. The van der Waals surface area contributed by atoms with E-state index in [0.29, 0.717) is 0 Å². The topological polar surface area (TPSA) is 32.3 Å². The molecule has 1 fully saturated rings. The van der Waals surface area contributed by atoms with Crippen LogP contribution in [0.4, 0.5) is 10.3 Å². The van der Waals surface area contributed by atoms with E-state index in [1.807, 2.05) is 0 Å². The molecule has 5 rings (SSSR count). The summed E-state index contributed by atoms with van der Waals surface area (Å²) in [6.45, 7) is 4.11. The van der Waals surface area contributed by atoms with Gasteiger partial charge in [0.1, 0.15) is 0 Å². The molecule has 0 radical (unpaired) electrons. The van der Waals surface area contributed by atoms with Gasteiger partial charge in [0.15, 0.2) is 10.3 Å². The molecular formula is C19H18N4S2. The zero-order valence-electron chi connectivity index (χ0n) is 13.8. The molecule has 0 bridgehead atoms. The Labute approximate surface area is 154 Å². The van der Waals surface area contributed by atoms with Crippen molar-refractivity contribution in [3.63, 3.8) is 0 Å². The average molecular weight is 367 g/mol. The van der Waals surface area contributed by atoms with Crippen LogP contribution in [0.2, 0.25) is 0 Å². The van der Waals surface area contributed by atoms with E-state index < -0.39 is 0 Å². The van der Waals surface area contributed by atoms with E-state index in [4.69, 9.17) is 9.97 Å². The van der Waals surface area contributed by atoms with E-state index >= 15 is 0 Å². The van der Waals surface area contributed by atoms with E-state index in [-0.39, 0.29) is 0 Å². The van der Waals surface area contributed by atoms with Gasteiger partial charge >= 0.3 is 0 Å². The van der Waals surface area contributed by atoms with Crippen LogP contribution in [0.15, 0.2) is 48.5 Å². The molecule has 2 aromatic carbocycles. The number of rotatable bonds is 2. The van der Waals surface area contributed by atoms with Gasteiger partial charge in [0.2, 0.25) is 0 Å². The molecule has 0 unspecified atom stereocenters. The largest absolute Gasteiger partial charge is 0.346 e. The van der Waals surface area contributed by atoms with Crippen molar-refractivity contribution in [1.29, 1.82) is 0 Å². The molecular weight excluding hydrogens is 348 g/mol. The van der Waals surface area contributed by atoms with Crippen LogP contribution in [0.5, 0.6) is 0 Å². The summed E-state index contributed by atoms with van der Waals surface area (Å²) < 4.78 is 2.54. The fraction of sp³-hybridized carbons (Fsp3) is 0.263. The van der Waals surface area contributed by atoms with E-state index in [1.165, 1.54) is 9.40 Å². The molecule has 0 amide bonds. The SMILES string of the molecule is c1ccc2sc(N3CCCN(c4nc5ccccc5s4)CC3)nc2c1. The lowest BCUT2D eigenvalue weighted by molar-refractivity contribution is 0.804. The summed E-state index contributed by atoms with van der Waals surface area (Å²) in [7, 11) is 0. The molecule has 126 valence electrons. The van der Waals surface area contributed by atoms with Gasteiger partial charge in [-0.15, -0.1) is 0 Å². The Hall–Kier alpha value is -2.18. The zero-order chi connectivity index (χ0) is 16.6. The van der Waals surface area contributed by atoms with Crippen molar-refractivity contribution in [1.82, 2.24) is 9.97 Å². The molecule has 0 atom stereocenters. The summed E-state index contributed by atoms with van der Waals surface area (Å²) in [5, 5.41) is 2.29. The molecule has 25 heavy (non-hydrogen) atoms. The van der Waals surface area contributed by atoms with Gasteiger partial charge in [-0.2, -0.15) is 0 Å². The third-order valence-corrected chi connectivity index (χ3v) is 6.80. The van der Waals surface area contributed by atoms with Crippen molar-refractivity contribution in [2.45, 2.75) is 6.42 Å². The Kier molecular flexibility index (Phi) is 3.79. The standard InChI is InChI=1S/C19H18N4S2/c1-3-8-16-14(6-1)20-18(24-16)22-10-5-11-23(13-12-22)19-21-15-7-2-4-9-17(15)25-19/h1-4,6-9H,5,10-13H2. The van der Waals surface area contributed by atoms with Crippen LogP contribution < -0.4 is 9.80 Å². The number of nitrogens with zero attached hydrogens (tertiary/aromatic N) is 4. The molecule has 0 spiro atoms. The molecule has 6 heteroatoms. The average Bonchev–Trinajstić information content (AvgIpc) is 3.19. The first kappa shape index (κ1) is 15.1. The maximum atomic E-state index is 4.82. The van der Waals surface area contributed by atoms with Crippen molar-refractivity contribution in [2.75, 3.05) is 36.0 Å². The minimum Gasteiger partial charge on any atom is -0.346 e. The first-order chi connectivity index (χ1) is 12.4. The van der Waals surface area contributed by atoms with Crippen molar-refractivity contribution >= 4 is 53.4 Å². The van der Waals surface area contributed by atoms with Crippen LogP contribution in [-0.4, -0.2) is 36.1 Å². The quantitative estimate of drug-likeness (QED) is 0.518. The highest BCUT2D eigenvalue weighted by molar-refractivity contribution is 7.22. The fourth-order valence-corrected chi connectivity index (χ4v) is 5.33. The minimum atomic E-state index is 0.996. The maximum Gasteiger partial charge on any atom is 0.186 e. The summed E-state index contributed by atoms with van der Waals surface area (Å²) in [5.41, 5.74) is 2.21. The maximum absolute atomic E-state index is 4.82. The Morgan fingerprint density at radius 3 is 1.60 bits per heavy atom. The second kappa shape index (κ2) is 6.28. The highest BCUT2D eigenvalue weighted by Gasteiger charge is 2.20. The number of thiazole rings is 2. The van der Waals surface area contributed by atoms with Gasteiger partial charge in [-0.05, 0) is 30.7 Å². The van der Waals surface area contributed by atoms with E-state index in [9.17, 15) is 0 Å². The van der Waals surface area contributed by atoms with Gasteiger partial charge < -0.3 is 9.80 Å². The molecule has 0 aliphatic carbocycles. The Balaban J connectivity index is 1.37. The van der Waals surface area contributed by atoms with Crippen molar-refractivity contribution in [2.24, 2.45) is 0 Å². The monoisotopic (exact) mass is 366 g/mol. The van der Waals surface area contributed by atoms with Gasteiger partial charge in [-0.1, -0.05) is 46.9 Å². The third kappa shape index (κ3) is 2.85. The predicted octanol–water partition coefficient (Wildman–Crippen LogP) is 4.62. The first-order valence-electron chi connectivity index (χ1n) is 8.58. The summed E-state index contributed by atoms with van der Waals surface area (Å²) in [6.07, 6.45) is 1.13. The number of benzene rings is 2. The molecule has 2 aromatic heterocycles. The number of hydrogen-bond donors (Lipinski definition) is 0. The summed E-state index contributed by atoms with van der Waals surface area (Å²) in [5.74, 6) is 0. The summed E-state index contributed by atoms with van der Waals surface area (Å²) >= 11 is 3.59. The minimum absolute atomic E-state index is 0.996. The number of hydrogen-bond acceptors (Lipinski definition) is 6. The second-order valence-corrected chi connectivity index (χ2v) is 8.27. The van der Waals surface area contributed by atoms with Crippen LogP contribution in [0, 0.1) is 0 Å². The highest BCUT2D eigenvalue weighted by Crippen LogP contribution is 2.31. The van der Waals surface area contributed by atoms with Crippen LogP contribution >= 0.6 is 22.7 Å². The van der Waals surface area contributed by atoms with Gasteiger partial charge in [-0.3, -0.25) is 0 Å². The van der Waals surface area contributed by atoms with Gasteiger partial charge in [-0.25, -0.2) is 9.97 Å². The molecule has 1 saturated heterocycles. The Morgan fingerprint density at radius 2 is 1.12 bits per heavy atom. The van der Waals surface area contributed by atoms with Crippen molar-refractivity contribution in [3.8, 4) is 0 Å². The normalized spacial score (nSPS) is 15.8. The Morgan fingerprint density at radius 1 is 0.640 bits per heavy atom. The zero-order valence-corrected chi connectivity index (χ0v) is 15.4. The molecule has 1 aliphatic rings. The molecule has 1 aliphatic heterocycles.